The first kappa shape index (κ1) is 19.7. The monoisotopic (exact) mass is 386 g/mol. The molecule has 3 rings (SSSR count). The maximum Gasteiger partial charge on any atom is 0.485 e. The molecule has 138 valence electrons. The van der Waals surface area contributed by atoms with Crippen molar-refractivity contribution in [2.75, 3.05) is 7.11 Å². The van der Waals surface area contributed by atoms with Crippen molar-refractivity contribution in [2.24, 2.45) is 0 Å². The number of hydrogen-bond donors (Lipinski definition) is 0. The number of benzene rings is 2. The number of para-hydroxylation sites is 1. The van der Waals surface area contributed by atoms with Crippen molar-refractivity contribution in [2.45, 2.75) is 5.51 Å². The van der Waals surface area contributed by atoms with Gasteiger partial charge < -0.3 is 9.29 Å². The number of hydrogen-bond acceptors (Lipinski definition) is 4. The maximum atomic E-state index is 10.7. The van der Waals surface area contributed by atoms with E-state index in [0.717, 1.165) is 28.0 Å². The average Bonchev–Trinajstić information content (AvgIpc) is 2.60. The topological polar surface area (TPSA) is 77.7 Å². The van der Waals surface area contributed by atoms with Crippen molar-refractivity contribution in [1.82, 2.24) is 0 Å². The van der Waals surface area contributed by atoms with E-state index < -0.39 is 15.6 Å². The van der Waals surface area contributed by atoms with Gasteiger partial charge in [0.15, 0.2) is 10.1 Å². The van der Waals surface area contributed by atoms with Crippen molar-refractivity contribution in [1.29, 1.82) is 0 Å². The molecule has 0 aliphatic rings. The van der Waals surface area contributed by atoms with Crippen LogP contribution in [0.2, 0.25) is 0 Å². The first-order valence-corrected chi connectivity index (χ1v) is 8.51. The van der Waals surface area contributed by atoms with E-state index in [2.05, 4.69) is 6.07 Å². The molecule has 0 spiro atoms. The van der Waals surface area contributed by atoms with Crippen LogP contribution in [-0.2, 0) is 10.1 Å². The summed E-state index contributed by atoms with van der Waals surface area (Å²) in [4.78, 5) is 0. The van der Waals surface area contributed by atoms with E-state index in [1.807, 2.05) is 54.6 Å². The Morgan fingerprint density at radius 2 is 1.54 bits per heavy atom. The molecular weight excluding hydrogens is 373 g/mol. The molecule has 0 amide bonds. The second-order valence-electron chi connectivity index (χ2n) is 4.97. The van der Waals surface area contributed by atoms with E-state index in [0.29, 0.717) is 0 Å². The fourth-order valence-corrected chi connectivity index (χ4v) is 1.94. The predicted molar refractivity (Wildman–Crippen MR) is 88.4 cm³/mol. The maximum absolute atomic E-state index is 10.7. The van der Waals surface area contributed by atoms with Crippen LogP contribution in [0.15, 0.2) is 65.1 Å². The molecule has 9 heteroatoms. The Balaban J connectivity index is 0.000000260. The van der Waals surface area contributed by atoms with E-state index in [9.17, 15) is 13.2 Å². The molecule has 0 saturated carbocycles. The molecular formula is C17H13F3O5S. The molecule has 0 unspecified atom stereocenters. The Hall–Kier alpha value is -2.65. The van der Waals surface area contributed by atoms with Crippen LogP contribution in [0.5, 0.6) is 5.75 Å². The lowest BCUT2D eigenvalue weighted by atomic mass is 10.1. The highest BCUT2D eigenvalue weighted by Gasteiger charge is 2.36. The summed E-state index contributed by atoms with van der Waals surface area (Å²) in [6.07, 6.45) is 0. The van der Waals surface area contributed by atoms with Crippen LogP contribution in [-0.4, -0.2) is 25.6 Å². The molecule has 0 aliphatic carbocycles. The number of ether oxygens (including phenoxy) is 1. The summed E-state index contributed by atoms with van der Waals surface area (Å²) >= 11 is 0. The highest BCUT2D eigenvalue weighted by atomic mass is 32.2. The Kier molecular flexibility index (Phi) is 5.83. The van der Waals surface area contributed by atoms with Gasteiger partial charge in [-0.3, -0.25) is 0 Å². The van der Waals surface area contributed by atoms with Crippen LogP contribution in [0.4, 0.5) is 13.2 Å². The Bertz CT molecular complexity index is 983. The van der Waals surface area contributed by atoms with E-state index in [-0.39, 0.29) is 0 Å². The molecule has 0 saturated heterocycles. The third-order valence-electron chi connectivity index (χ3n) is 3.21. The first-order valence-electron chi connectivity index (χ1n) is 7.10. The van der Waals surface area contributed by atoms with Gasteiger partial charge in [0.2, 0.25) is 0 Å². The Morgan fingerprint density at radius 1 is 0.962 bits per heavy atom. The molecule has 2 aromatic carbocycles. The second kappa shape index (κ2) is 7.71. The van der Waals surface area contributed by atoms with Gasteiger partial charge in [0, 0.05) is 12.1 Å². The smallest absolute Gasteiger partial charge is 0.485 e. The molecule has 3 aromatic rings. The van der Waals surface area contributed by atoms with Crippen molar-refractivity contribution >= 4 is 21.1 Å². The number of halogens is 3. The van der Waals surface area contributed by atoms with Gasteiger partial charge in [-0.15, -0.1) is 0 Å². The minimum Gasteiger partial charge on any atom is -0.741 e. The fourth-order valence-electron chi connectivity index (χ4n) is 1.94. The minimum absolute atomic E-state index is 0.847. The van der Waals surface area contributed by atoms with Gasteiger partial charge >= 0.3 is 16.9 Å². The van der Waals surface area contributed by atoms with Gasteiger partial charge in [0.25, 0.3) is 0 Å². The highest BCUT2D eigenvalue weighted by Crippen LogP contribution is 2.26. The van der Waals surface area contributed by atoms with Gasteiger partial charge in [-0.25, -0.2) is 12.8 Å². The third kappa shape index (κ3) is 4.93. The highest BCUT2D eigenvalue weighted by molar-refractivity contribution is 7.86. The number of alkyl halides is 3. The van der Waals surface area contributed by atoms with Gasteiger partial charge in [-0.05, 0) is 36.4 Å². The zero-order chi connectivity index (χ0) is 19.4. The van der Waals surface area contributed by atoms with Crippen LogP contribution < -0.4 is 4.74 Å². The standard InChI is InChI=1S/C16H13O2.CHF3O3S/c1-17-14-9-6-13(7-10-14)16-11-8-12-4-2-3-5-15(12)18-16;2-1(3,4)8(5,6)7/h2-11H,1H3;(H,5,6,7)/q+1;/p-1. The molecule has 5 nitrogen and oxygen atoms in total. The lowest BCUT2D eigenvalue weighted by Gasteiger charge is -2.08. The van der Waals surface area contributed by atoms with Crippen LogP contribution in [0.3, 0.4) is 0 Å². The fraction of sp³-hybridized carbons (Fsp3) is 0.118. The summed E-state index contributed by atoms with van der Waals surface area (Å²) in [5.74, 6) is 1.70. The Labute approximate surface area is 147 Å². The molecule has 1 aromatic heterocycles. The third-order valence-corrected chi connectivity index (χ3v) is 3.78. The molecule has 0 radical (unpaired) electrons. The van der Waals surface area contributed by atoms with Gasteiger partial charge in [-0.2, -0.15) is 13.2 Å². The van der Waals surface area contributed by atoms with Crippen molar-refractivity contribution < 1.29 is 35.3 Å². The van der Waals surface area contributed by atoms with E-state index in [1.54, 1.807) is 7.11 Å². The quantitative estimate of drug-likeness (QED) is 0.370. The molecule has 0 aliphatic heterocycles. The van der Waals surface area contributed by atoms with Crippen LogP contribution in [0.1, 0.15) is 0 Å². The van der Waals surface area contributed by atoms with Gasteiger partial charge in [-0.1, -0.05) is 12.1 Å². The lowest BCUT2D eigenvalue weighted by molar-refractivity contribution is -0.0517. The first-order chi connectivity index (χ1) is 12.1. The summed E-state index contributed by atoms with van der Waals surface area (Å²) in [5, 5.41) is 1.11. The lowest BCUT2D eigenvalue weighted by Crippen LogP contribution is -2.21. The summed E-state index contributed by atoms with van der Waals surface area (Å²) in [5.41, 5.74) is -3.71. The molecule has 0 bridgehead atoms. The molecule has 0 atom stereocenters. The van der Waals surface area contributed by atoms with Crippen molar-refractivity contribution in [3.63, 3.8) is 0 Å². The summed E-state index contributed by atoms with van der Waals surface area (Å²) in [6, 6.07) is 19.9. The number of methoxy groups -OCH3 is 1. The van der Waals surface area contributed by atoms with Crippen LogP contribution >= 0.6 is 0 Å². The second-order valence-corrected chi connectivity index (χ2v) is 6.34. The minimum atomic E-state index is -6.09. The van der Waals surface area contributed by atoms with Crippen LogP contribution in [0, 0.1) is 0 Å². The van der Waals surface area contributed by atoms with Gasteiger partial charge in [0.1, 0.15) is 5.75 Å². The summed E-state index contributed by atoms with van der Waals surface area (Å²) in [6.45, 7) is 0. The van der Waals surface area contributed by atoms with Crippen LogP contribution in [0.25, 0.3) is 22.3 Å². The predicted octanol–water partition coefficient (Wildman–Crippen LogP) is 4.44. The number of fused-ring (bicyclic) bond motifs is 1. The van der Waals surface area contributed by atoms with E-state index >= 15 is 0 Å². The number of rotatable bonds is 2. The molecule has 1 heterocycles. The molecule has 26 heavy (non-hydrogen) atoms. The normalized spacial score (nSPS) is 11.6. The Morgan fingerprint density at radius 3 is 2.08 bits per heavy atom. The van der Waals surface area contributed by atoms with Crippen molar-refractivity contribution in [3.8, 4) is 17.1 Å². The molecule has 0 N–H and O–H groups in total. The SMILES string of the molecule is COc1ccc(-c2ccc3ccccc3[o+]2)cc1.O=S(=O)([O-])C(F)(F)F. The largest absolute Gasteiger partial charge is 0.741 e. The molecule has 0 fully saturated rings. The zero-order valence-corrected chi connectivity index (χ0v) is 14.2. The van der Waals surface area contributed by atoms with Gasteiger partial charge in [0.05, 0.1) is 18.1 Å². The summed E-state index contributed by atoms with van der Waals surface area (Å²) in [7, 11) is -4.43. The summed E-state index contributed by atoms with van der Waals surface area (Å²) < 4.78 is 69.9. The van der Waals surface area contributed by atoms with Crippen molar-refractivity contribution in [3.05, 3.63) is 60.7 Å². The zero-order valence-electron chi connectivity index (χ0n) is 13.4. The van der Waals surface area contributed by atoms with E-state index in [4.69, 9.17) is 22.1 Å². The van der Waals surface area contributed by atoms with E-state index in [1.165, 1.54) is 0 Å². The average molecular weight is 386 g/mol.